The number of ether oxygens (including phenoxy) is 1. The summed E-state index contributed by atoms with van der Waals surface area (Å²) in [7, 11) is 0. The molecule has 1 aromatic rings. The smallest absolute Gasteiger partial charge is 0.309 e. The largest absolute Gasteiger partial charge is 0.481 e. The van der Waals surface area contributed by atoms with Gasteiger partial charge in [-0.2, -0.15) is 0 Å². The molecule has 0 atom stereocenters. The third-order valence-electron chi connectivity index (χ3n) is 6.76. The molecule has 0 aliphatic heterocycles. The second-order valence-corrected chi connectivity index (χ2v) is 10.4. The van der Waals surface area contributed by atoms with Crippen LogP contribution < -0.4 is 0 Å². The van der Waals surface area contributed by atoms with Crippen molar-refractivity contribution in [2.45, 2.75) is 118 Å². The maximum atomic E-state index is 11.2. The highest BCUT2D eigenvalue weighted by Crippen LogP contribution is 2.27. The number of rotatable bonds is 15. The number of aliphatic carboxylic acids is 1. The number of carbonyl (C=O) groups excluding carboxylic acids is 1. The van der Waals surface area contributed by atoms with E-state index in [-0.39, 0.29) is 5.60 Å². The Labute approximate surface area is 189 Å². The summed E-state index contributed by atoms with van der Waals surface area (Å²) in [6.07, 6.45) is 10.3. The van der Waals surface area contributed by atoms with E-state index in [1.165, 1.54) is 27.8 Å². The fourth-order valence-corrected chi connectivity index (χ4v) is 4.25. The number of unbranched alkanes of at least 4 members (excludes halogenated alkanes) is 4. The van der Waals surface area contributed by atoms with Crippen molar-refractivity contribution in [3.63, 3.8) is 0 Å². The van der Waals surface area contributed by atoms with Crippen LogP contribution in [-0.2, 0) is 27.2 Å². The van der Waals surface area contributed by atoms with E-state index < -0.39 is 11.4 Å². The predicted molar refractivity (Wildman–Crippen MR) is 128 cm³/mol. The van der Waals surface area contributed by atoms with Gasteiger partial charge < -0.3 is 9.84 Å². The van der Waals surface area contributed by atoms with Crippen LogP contribution in [-0.4, -0.2) is 23.1 Å². The zero-order valence-electron chi connectivity index (χ0n) is 20.9. The second kappa shape index (κ2) is 12.3. The minimum absolute atomic E-state index is 0.366. The molecule has 176 valence electrons. The minimum Gasteiger partial charge on any atom is -0.481 e. The standard InChI is InChI=1S/C27H44O4/c1-20-18-23(14-10-8-12-16-26(4,5)25(29)30)21(2)22(3)24(20)15-11-9-13-17-27(6,7)31-19-28/h18-19H,8-17H2,1-7H3,(H,29,30). The van der Waals surface area contributed by atoms with Crippen molar-refractivity contribution in [2.24, 2.45) is 5.41 Å². The fourth-order valence-electron chi connectivity index (χ4n) is 4.25. The van der Waals surface area contributed by atoms with Crippen LogP contribution in [0.5, 0.6) is 0 Å². The van der Waals surface area contributed by atoms with Crippen LogP contribution >= 0.6 is 0 Å². The van der Waals surface area contributed by atoms with Crippen LogP contribution in [0.4, 0.5) is 0 Å². The summed E-state index contributed by atoms with van der Waals surface area (Å²) in [5.74, 6) is -0.705. The van der Waals surface area contributed by atoms with E-state index in [2.05, 4.69) is 26.8 Å². The molecule has 0 saturated heterocycles. The van der Waals surface area contributed by atoms with Gasteiger partial charge in [-0.1, -0.05) is 25.3 Å². The molecule has 1 N–H and O–H groups in total. The first kappa shape index (κ1) is 27.2. The fraction of sp³-hybridized carbons (Fsp3) is 0.704. The van der Waals surface area contributed by atoms with Crippen molar-refractivity contribution in [1.82, 2.24) is 0 Å². The SMILES string of the molecule is Cc1cc(CCCCCC(C)(C)C(=O)O)c(C)c(C)c1CCCCCC(C)(C)OC=O. The normalized spacial score (nSPS) is 12.1. The van der Waals surface area contributed by atoms with Gasteiger partial charge in [-0.3, -0.25) is 9.59 Å². The van der Waals surface area contributed by atoms with E-state index in [1.807, 2.05) is 27.7 Å². The van der Waals surface area contributed by atoms with Gasteiger partial charge >= 0.3 is 5.97 Å². The Kier molecular flexibility index (Phi) is 10.8. The first-order valence-electron chi connectivity index (χ1n) is 11.8. The Balaban J connectivity index is 2.52. The van der Waals surface area contributed by atoms with Crippen molar-refractivity contribution in [2.75, 3.05) is 0 Å². The molecule has 4 nitrogen and oxygen atoms in total. The highest BCUT2D eigenvalue weighted by molar-refractivity contribution is 5.73. The van der Waals surface area contributed by atoms with Gasteiger partial charge in [-0.15, -0.1) is 0 Å². The number of benzene rings is 1. The Morgan fingerprint density at radius 3 is 2.06 bits per heavy atom. The molecule has 0 heterocycles. The molecule has 0 aromatic heterocycles. The molecule has 0 aliphatic rings. The summed E-state index contributed by atoms with van der Waals surface area (Å²) in [5.41, 5.74) is 6.14. The lowest BCUT2D eigenvalue weighted by atomic mass is 9.86. The van der Waals surface area contributed by atoms with Gasteiger partial charge in [0.15, 0.2) is 0 Å². The van der Waals surface area contributed by atoms with Crippen LogP contribution in [0, 0.1) is 26.2 Å². The van der Waals surface area contributed by atoms with Crippen LogP contribution in [0.3, 0.4) is 0 Å². The van der Waals surface area contributed by atoms with Gasteiger partial charge in [0.1, 0.15) is 5.60 Å². The monoisotopic (exact) mass is 432 g/mol. The molecule has 0 radical (unpaired) electrons. The molecule has 0 amide bonds. The molecular formula is C27H44O4. The first-order chi connectivity index (χ1) is 14.4. The lowest BCUT2D eigenvalue weighted by molar-refractivity contribution is -0.147. The zero-order chi connectivity index (χ0) is 23.7. The van der Waals surface area contributed by atoms with Crippen molar-refractivity contribution < 1.29 is 19.4 Å². The second-order valence-electron chi connectivity index (χ2n) is 10.4. The van der Waals surface area contributed by atoms with Crippen molar-refractivity contribution in [3.05, 3.63) is 33.9 Å². The highest BCUT2D eigenvalue weighted by Gasteiger charge is 2.26. The van der Waals surface area contributed by atoms with Crippen LogP contribution in [0.25, 0.3) is 0 Å². The minimum atomic E-state index is -0.705. The van der Waals surface area contributed by atoms with Crippen molar-refractivity contribution >= 4 is 12.4 Å². The number of carboxylic acids is 1. The Bertz CT molecular complexity index is 731. The van der Waals surface area contributed by atoms with Crippen LogP contribution in [0.15, 0.2) is 6.07 Å². The number of hydrogen-bond donors (Lipinski definition) is 1. The van der Waals surface area contributed by atoms with E-state index in [0.717, 1.165) is 64.2 Å². The number of carboxylic acid groups (broad SMARTS) is 1. The van der Waals surface area contributed by atoms with E-state index in [9.17, 15) is 14.7 Å². The Morgan fingerprint density at radius 2 is 1.48 bits per heavy atom. The third kappa shape index (κ3) is 9.04. The lowest BCUT2D eigenvalue weighted by Crippen LogP contribution is -2.23. The van der Waals surface area contributed by atoms with E-state index in [4.69, 9.17) is 4.74 Å². The van der Waals surface area contributed by atoms with Gasteiger partial charge in [0.2, 0.25) is 0 Å². The average Bonchev–Trinajstić information content (AvgIpc) is 2.67. The van der Waals surface area contributed by atoms with E-state index >= 15 is 0 Å². The zero-order valence-corrected chi connectivity index (χ0v) is 20.9. The maximum absolute atomic E-state index is 11.2. The summed E-state index contributed by atoms with van der Waals surface area (Å²) < 4.78 is 5.13. The molecular weight excluding hydrogens is 388 g/mol. The van der Waals surface area contributed by atoms with E-state index in [0.29, 0.717) is 6.47 Å². The van der Waals surface area contributed by atoms with Gasteiger partial charge in [0, 0.05) is 0 Å². The number of aryl methyl sites for hydroxylation is 2. The summed E-state index contributed by atoms with van der Waals surface area (Å²) in [6, 6.07) is 2.36. The number of carbonyl (C=O) groups is 2. The van der Waals surface area contributed by atoms with E-state index in [1.54, 1.807) is 0 Å². The van der Waals surface area contributed by atoms with Gasteiger partial charge in [0.25, 0.3) is 6.47 Å². The average molecular weight is 433 g/mol. The molecule has 1 aromatic carbocycles. The van der Waals surface area contributed by atoms with Crippen LogP contribution in [0.1, 0.15) is 107 Å². The molecule has 31 heavy (non-hydrogen) atoms. The summed E-state index contributed by atoms with van der Waals surface area (Å²) in [4.78, 5) is 21.8. The maximum Gasteiger partial charge on any atom is 0.309 e. The molecule has 0 unspecified atom stereocenters. The topological polar surface area (TPSA) is 63.6 Å². The van der Waals surface area contributed by atoms with Gasteiger partial charge in [-0.25, -0.2) is 0 Å². The lowest BCUT2D eigenvalue weighted by Gasteiger charge is -2.22. The highest BCUT2D eigenvalue weighted by atomic mass is 16.5. The molecule has 0 aliphatic carbocycles. The Morgan fingerprint density at radius 1 is 0.903 bits per heavy atom. The van der Waals surface area contributed by atoms with Crippen molar-refractivity contribution in [3.8, 4) is 0 Å². The Hall–Kier alpha value is -1.84. The van der Waals surface area contributed by atoms with Crippen LogP contribution in [0.2, 0.25) is 0 Å². The molecule has 1 rings (SSSR count). The first-order valence-corrected chi connectivity index (χ1v) is 11.8. The molecule has 0 fully saturated rings. The summed E-state index contributed by atoms with van der Waals surface area (Å²) in [5, 5.41) is 9.23. The third-order valence-corrected chi connectivity index (χ3v) is 6.76. The predicted octanol–water partition coefficient (Wildman–Crippen LogP) is 6.88. The summed E-state index contributed by atoms with van der Waals surface area (Å²) >= 11 is 0. The summed E-state index contributed by atoms with van der Waals surface area (Å²) in [6.45, 7) is 14.8. The molecule has 4 heteroatoms. The van der Waals surface area contributed by atoms with Crippen molar-refractivity contribution in [1.29, 1.82) is 0 Å². The molecule has 0 spiro atoms. The number of hydrogen-bond acceptors (Lipinski definition) is 3. The molecule has 0 saturated carbocycles. The van der Waals surface area contributed by atoms with Gasteiger partial charge in [0.05, 0.1) is 5.41 Å². The quantitative estimate of drug-likeness (QED) is 0.242. The van der Waals surface area contributed by atoms with Gasteiger partial charge in [-0.05, 0) is 121 Å². The molecule has 0 bridgehead atoms.